The molecule has 0 amide bonds. The Labute approximate surface area is 110 Å². The molecule has 0 unspecified atom stereocenters. The van der Waals surface area contributed by atoms with Gasteiger partial charge in [0.15, 0.2) is 0 Å². The van der Waals surface area contributed by atoms with Crippen molar-refractivity contribution in [1.29, 1.82) is 5.26 Å². The van der Waals surface area contributed by atoms with Crippen molar-refractivity contribution in [3.8, 4) is 11.8 Å². The monoisotopic (exact) mass is 252 g/mol. The molecule has 4 nitrogen and oxygen atoms in total. The second kappa shape index (κ2) is 5.23. The van der Waals surface area contributed by atoms with Crippen LogP contribution >= 0.6 is 0 Å². The highest BCUT2D eigenvalue weighted by Crippen LogP contribution is 2.16. The number of hydrogen-bond acceptors (Lipinski definition) is 2. The first-order chi connectivity index (χ1) is 9.11. The number of benzene rings is 1. The SMILES string of the molecule is C/C(=C\c1cccn1-c1cccc(C#N)c1)C(=O)O. The minimum atomic E-state index is -0.946. The molecule has 1 N–H and O–H groups in total. The van der Waals surface area contributed by atoms with Crippen molar-refractivity contribution < 1.29 is 9.90 Å². The maximum atomic E-state index is 10.9. The normalized spacial score (nSPS) is 11.1. The van der Waals surface area contributed by atoms with E-state index in [9.17, 15) is 4.79 Å². The third kappa shape index (κ3) is 2.72. The van der Waals surface area contributed by atoms with Gasteiger partial charge in [-0.05, 0) is 43.3 Å². The lowest BCUT2D eigenvalue weighted by molar-refractivity contribution is -0.132. The Kier molecular flexibility index (Phi) is 3.48. The molecule has 0 spiro atoms. The first-order valence-electron chi connectivity index (χ1n) is 5.71. The minimum absolute atomic E-state index is 0.261. The molecule has 4 heteroatoms. The standard InChI is InChI=1S/C15H12N2O2/c1-11(15(18)19)8-13-6-3-7-17(13)14-5-2-4-12(9-14)10-16/h2-9H,1H3,(H,18,19)/b11-8+. The second-order valence-electron chi connectivity index (χ2n) is 4.10. The van der Waals surface area contributed by atoms with E-state index in [-0.39, 0.29) is 5.57 Å². The molecule has 1 aromatic heterocycles. The number of aliphatic carboxylic acids is 1. The molecule has 0 saturated heterocycles. The molecule has 19 heavy (non-hydrogen) atoms. The highest BCUT2D eigenvalue weighted by atomic mass is 16.4. The summed E-state index contributed by atoms with van der Waals surface area (Å²) in [6.07, 6.45) is 3.43. The summed E-state index contributed by atoms with van der Waals surface area (Å²) in [6, 6.07) is 12.9. The topological polar surface area (TPSA) is 66.0 Å². The van der Waals surface area contributed by atoms with Gasteiger partial charge in [0.05, 0.1) is 11.6 Å². The van der Waals surface area contributed by atoms with Crippen molar-refractivity contribution in [2.45, 2.75) is 6.92 Å². The Balaban J connectivity index is 2.48. The van der Waals surface area contributed by atoms with Crippen molar-refractivity contribution in [1.82, 2.24) is 4.57 Å². The minimum Gasteiger partial charge on any atom is -0.478 e. The Hall–Kier alpha value is -2.80. The highest BCUT2D eigenvalue weighted by Gasteiger charge is 2.05. The molecular weight excluding hydrogens is 240 g/mol. The van der Waals surface area contributed by atoms with Crippen molar-refractivity contribution in [2.75, 3.05) is 0 Å². The molecular formula is C15H12N2O2. The van der Waals surface area contributed by atoms with Crippen LogP contribution in [0.1, 0.15) is 18.2 Å². The third-order valence-corrected chi connectivity index (χ3v) is 2.74. The van der Waals surface area contributed by atoms with Crippen LogP contribution in [-0.2, 0) is 4.79 Å². The summed E-state index contributed by atoms with van der Waals surface area (Å²) in [5, 5.41) is 17.8. The molecule has 2 aromatic rings. The zero-order chi connectivity index (χ0) is 13.8. The lowest BCUT2D eigenvalue weighted by atomic mass is 10.2. The van der Waals surface area contributed by atoms with Gasteiger partial charge in [-0.25, -0.2) is 4.79 Å². The van der Waals surface area contributed by atoms with E-state index >= 15 is 0 Å². The van der Waals surface area contributed by atoms with Crippen LogP contribution in [-0.4, -0.2) is 15.6 Å². The van der Waals surface area contributed by atoms with Crippen LogP contribution in [0.25, 0.3) is 11.8 Å². The summed E-state index contributed by atoms with van der Waals surface area (Å²) < 4.78 is 1.84. The Bertz CT molecular complexity index is 690. The molecule has 0 aliphatic carbocycles. The molecule has 2 rings (SSSR count). The van der Waals surface area contributed by atoms with E-state index in [1.807, 2.05) is 29.0 Å². The molecule has 0 aliphatic heterocycles. The van der Waals surface area contributed by atoms with Crippen molar-refractivity contribution in [2.24, 2.45) is 0 Å². The van der Waals surface area contributed by atoms with Gasteiger partial charge in [-0.1, -0.05) is 6.07 Å². The van der Waals surface area contributed by atoms with Gasteiger partial charge in [-0.3, -0.25) is 0 Å². The number of rotatable bonds is 3. The zero-order valence-corrected chi connectivity index (χ0v) is 10.4. The summed E-state index contributed by atoms with van der Waals surface area (Å²) in [4.78, 5) is 10.9. The number of nitriles is 1. The van der Waals surface area contributed by atoms with Gasteiger partial charge >= 0.3 is 5.97 Å². The van der Waals surface area contributed by atoms with Crippen molar-refractivity contribution in [3.63, 3.8) is 0 Å². The van der Waals surface area contributed by atoms with Gasteiger partial charge in [0.1, 0.15) is 0 Å². The quantitative estimate of drug-likeness (QED) is 0.854. The van der Waals surface area contributed by atoms with Crippen LogP contribution in [0.5, 0.6) is 0 Å². The van der Waals surface area contributed by atoms with E-state index in [1.54, 1.807) is 31.2 Å². The fraction of sp³-hybridized carbons (Fsp3) is 0.0667. The van der Waals surface area contributed by atoms with Gasteiger partial charge in [0.25, 0.3) is 0 Å². The number of hydrogen-bond donors (Lipinski definition) is 1. The fourth-order valence-corrected chi connectivity index (χ4v) is 1.76. The molecule has 0 saturated carbocycles. The van der Waals surface area contributed by atoms with Crippen molar-refractivity contribution >= 4 is 12.0 Å². The zero-order valence-electron chi connectivity index (χ0n) is 10.4. The number of nitrogens with zero attached hydrogens (tertiary/aromatic N) is 2. The first kappa shape index (κ1) is 12.7. The Morgan fingerprint density at radius 1 is 1.37 bits per heavy atom. The maximum absolute atomic E-state index is 10.9. The molecule has 0 atom stereocenters. The summed E-state index contributed by atoms with van der Waals surface area (Å²) in [7, 11) is 0. The lowest BCUT2D eigenvalue weighted by Gasteiger charge is -2.07. The second-order valence-corrected chi connectivity index (χ2v) is 4.10. The average molecular weight is 252 g/mol. The largest absolute Gasteiger partial charge is 0.478 e. The molecule has 0 radical (unpaired) electrons. The number of aromatic nitrogens is 1. The molecule has 1 aromatic carbocycles. The van der Waals surface area contributed by atoms with Crippen LogP contribution in [0.3, 0.4) is 0 Å². The Morgan fingerprint density at radius 2 is 2.16 bits per heavy atom. The predicted octanol–water partition coefficient (Wildman–Crippen LogP) is 2.84. The van der Waals surface area contributed by atoms with E-state index in [0.29, 0.717) is 5.56 Å². The Morgan fingerprint density at radius 3 is 2.84 bits per heavy atom. The van der Waals surface area contributed by atoms with Crippen LogP contribution < -0.4 is 0 Å². The summed E-state index contributed by atoms with van der Waals surface area (Å²) in [5.41, 5.74) is 2.41. The van der Waals surface area contributed by atoms with Gasteiger partial charge in [-0.15, -0.1) is 0 Å². The van der Waals surface area contributed by atoms with Crippen LogP contribution in [0.4, 0.5) is 0 Å². The van der Waals surface area contributed by atoms with Crippen molar-refractivity contribution in [3.05, 3.63) is 59.4 Å². The molecule has 0 aliphatic rings. The third-order valence-electron chi connectivity index (χ3n) is 2.74. The van der Waals surface area contributed by atoms with Crippen LogP contribution in [0.2, 0.25) is 0 Å². The highest BCUT2D eigenvalue weighted by molar-refractivity contribution is 5.91. The number of carbonyl (C=O) groups is 1. The predicted molar refractivity (Wildman–Crippen MR) is 71.8 cm³/mol. The van der Waals surface area contributed by atoms with E-state index in [0.717, 1.165) is 11.4 Å². The fourth-order valence-electron chi connectivity index (χ4n) is 1.76. The van der Waals surface area contributed by atoms with Gasteiger partial charge < -0.3 is 9.67 Å². The van der Waals surface area contributed by atoms with Gasteiger partial charge in [0, 0.05) is 23.2 Å². The molecule has 0 bridgehead atoms. The van der Waals surface area contributed by atoms with E-state index in [2.05, 4.69) is 6.07 Å². The van der Waals surface area contributed by atoms with Gasteiger partial charge in [0.2, 0.25) is 0 Å². The maximum Gasteiger partial charge on any atom is 0.331 e. The average Bonchev–Trinajstić information content (AvgIpc) is 2.86. The molecule has 1 heterocycles. The lowest BCUT2D eigenvalue weighted by Crippen LogP contribution is -1.99. The van der Waals surface area contributed by atoms with Crippen LogP contribution in [0.15, 0.2) is 48.2 Å². The number of carboxylic acids is 1. The summed E-state index contributed by atoms with van der Waals surface area (Å²) in [5.74, 6) is -0.946. The van der Waals surface area contributed by atoms with E-state index in [1.165, 1.54) is 0 Å². The van der Waals surface area contributed by atoms with Crippen LogP contribution in [0, 0.1) is 11.3 Å². The molecule has 94 valence electrons. The van der Waals surface area contributed by atoms with Gasteiger partial charge in [-0.2, -0.15) is 5.26 Å². The summed E-state index contributed by atoms with van der Waals surface area (Å²) >= 11 is 0. The van der Waals surface area contributed by atoms with E-state index < -0.39 is 5.97 Å². The van der Waals surface area contributed by atoms with E-state index in [4.69, 9.17) is 10.4 Å². The first-order valence-corrected chi connectivity index (χ1v) is 5.71. The summed E-state index contributed by atoms with van der Waals surface area (Å²) in [6.45, 7) is 1.55. The molecule has 0 fully saturated rings. The number of carboxylic acid groups (broad SMARTS) is 1. The smallest absolute Gasteiger partial charge is 0.331 e.